The summed E-state index contributed by atoms with van der Waals surface area (Å²) < 4.78 is 16.8. The van der Waals surface area contributed by atoms with Gasteiger partial charge in [-0.25, -0.2) is 0 Å². The Morgan fingerprint density at radius 2 is 0.619 bits per heavy atom. The molecule has 0 aromatic rings. The van der Waals surface area contributed by atoms with Gasteiger partial charge >= 0.3 is 17.9 Å². The van der Waals surface area contributed by atoms with E-state index in [4.69, 9.17) is 14.2 Å². The summed E-state index contributed by atoms with van der Waals surface area (Å²) in [7, 11) is 0. The number of unbranched alkanes of at least 4 members (excludes halogenated alkanes) is 24. The van der Waals surface area contributed by atoms with Crippen molar-refractivity contribution in [3.63, 3.8) is 0 Å². The fraction of sp³-hybridized carbons (Fsp3) is 0.737. The molecule has 1 unspecified atom stereocenters. The van der Waals surface area contributed by atoms with E-state index in [1.165, 1.54) is 109 Å². The van der Waals surface area contributed by atoms with Crippen LogP contribution in [0.25, 0.3) is 0 Å². The molecular weight excluding hydrogens is 781 g/mol. The van der Waals surface area contributed by atoms with Crippen molar-refractivity contribution in [3.8, 4) is 0 Å². The third kappa shape index (κ3) is 49.7. The molecule has 362 valence electrons. The van der Waals surface area contributed by atoms with Crippen molar-refractivity contribution >= 4 is 17.9 Å². The largest absolute Gasteiger partial charge is 0.462 e. The summed E-state index contributed by atoms with van der Waals surface area (Å²) in [6.07, 6.45) is 64.5. The first-order chi connectivity index (χ1) is 31.0. The third-order valence-corrected chi connectivity index (χ3v) is 11.2. The lowest BCUT2D eigenvalue weighted by Crippen LogP contribution is -2.30. The van der Waals surface area contributed by atoms with Crippen molar-refractivity contribution < 1.29 is 28.6 Å². The molecule has 1 atom stereocenters. The van der Waals surface area contributed by atoms with Crippen LogP contribution in [0.1, 0.15) is 252 Å². The van der Waals surface area contributed by atoms with Crippen LogP contribution in [0.3, 0.4) is 0 Å². The highest BCUT2D eigenvalue weighted by atomic mass is 16.6. The molecule has 0 aliphatic carbocycles. The van der Waals surface area contributed by atoms with Gasteiger partial charge in [-0.3, -0.25) is 14.4 Å². The molecule has 0 bridgehead atoms. The van der Waals surface area contributed by atoms with E-state index < -0.39 is 6.10 Å². The molecular formula is C57H98O6. The molecule has 0 aromatic heterocycles. The Bertz CT molecular complexity index is 1190. The van der Waals surface area contributed by atoms with Crippen LogP contribution in [0.4, 0.5) is 0 Å². The number of hydrogen-bond donors (Lipinski definition) is 0. The van der Waals surface area contributed by atoms with Gasteiger partial charge in [0.15, 0.2) is 6.10 Å². The number of carbonyl (C=O) groups is 3. The zero-order valence-corrected chi connectivity index (χ0v) is 41.3. The first-order valence-electron chi connectivity index (χ1n) is 26.4. The lowest BCUT2D eigenvalue weighted by molar-refractivity contribution is -0.167. The van der Waals surface area contributed by atoms with Gasteiger partial charge < -0.3 is 14.2 Å². The van der Waals surface area contributed by atoms with Gasteiger partial charge in [-0.15, -0.1) is 0 Å². The molecule has 0 heterocycles. The van der Waals surface area contributed by atoms with Gasteiger partial charge in [0.1, 0.15) is 13.2 Å². The fourth-order valence-corrected chi connectivity index (χ4v) is 7.25. The van der Waals surface area contributed by atoms with Crippen LogP contribution in [0.2, 0.25) is 0 Å². The topological polar surface area (TPSA) is 78.9 Å². The van der Waals surface area contributed by atoms with Crippen LogP contribution in [0.5, 0.6) is 0 Å². The maximum atomic E-state index is 12.8. The van der Waals surface area contributed by atoms with Gasteiger partial charge in [-0.1, -0.05) is 203 Å². The molecule has 0 aromatic carbocycles. The number of esters is 3. The molecule has 0 fully saturated rings. The second-order valence-corrected chi connectivity index (χ2v) is 17.4. The Balaban J connectivity index is 4.41. The Hall–Kier alpha value is -3.15. The minimum atomic E-state index is -0.786. The first-order valence-corrected chi connectivity index (χ1v) is 26.4. The van der Waals surface area contributed by atoms with E-state index >= 15 is 0 Å². The average Bonchev–Trinajstić information content (AvgIpc) is 3.28. The molecule has 0 radical (unpaired) electrons. The highest BCUT2D eigenvalue weighted by molar-refractivity contribution is 5.71. The molecule has 0 saturated heterocycles. The standard InChI is InChI=1S/C57H98O6/c1-4-7-10-13-16-19-22-25-28-30-32-35-38-41-44-47-50-56(59)62-53-54(52-61-55(58)49-46-43-40-37-34-31-27-24-21-18-15-12-9-6-3)63-57(60)51-48-45-42-39-36-33-29-26-23-20-17-14-11-8-5-2/h7,9-10,12,16,18-21,23,25,28,54H,4-6,8,11,13-15,17,22,24,26-27,29-53H2,1-3H3/b10-7-,12-9-,19-16-,21-18-,23-20-,28-25-. The summed E-state index contributed by atoms with van der Waals surface area (Å²) >= 11 is 0. The monoisotopic (exact) mass is 879 g/mol. The number of carbonyl (C=O) groups excluding carboxylic acids is 3. The van der Waals surface area contributed by atoms with Crippen molar-refractivity contribution in [3.05, 3.63) is 72.9 Å². The summed E-state index contributed by atoms with van der Waals surface area (Å²) in [6.45, 7) is 6.39. The molecule has 0 aliphatic rings. The Labute approximate surface area is 389 Å². The van der Waals surface area contributed by atoms with E-state index in [0.717, 1.165) is 103 Å². The second-order valence-electron chi connectivity index (χ2n) is 17.4. The zero-order chi connectivity index (χ0) is 45.8. The van der Waals surface area contributed by atoms with E-state index in [0.29, 0.717) is 19.3 Å². The summed E-state index contributed by atoms with van der Waals surface area (Å²) in [6, 6.07) is 0. The highest BCUT2D eigenvalue weighted by Crippen LogP contribution is 2.14. The van der Waals surface area contributed by atoms with Gasteiger partial charge in [0.2, 0.25) is 0 Å². The van der Waals surface area contributed by atoms with Gasteiger partial charge in [0.25, 0.3) is 0 Å². The van der Waals surface area contributed by atoms with Gasteiger partial charge in [-0.05, 0) is 103 Å². The Morgan fingerprint density at radius 1 is 0.333 bits per heavy atom. The minimum Gasteiger partial charge on any atom is -0.462 e. The summed E-state index contributed by atoms with van der Waals surface area (Å²) in [4.78, 5) is 38.0. The van der Waals surface area contributed by atoms with Crippen LogP contribution in [0.15, 0.2) is 72.9 Å². The highest BCUT2D eigenvalue weighted by Gasteiger charge is 2.19. The molecule has 0 aliphatic heterocycles. The Morgan fingerprint density at radius 3 is 0.984 bits per heavy atom. The molecule has 6 nitrogen and oxygen atoms in total. The van der Waals surface area contributed by atoms with Crippen LogP contribution in [-0.4, -0.2) is 37.2 Å². The van der Waals surface area contributed by atoms with Gasteiger partial charge in [0.05, 0.1) is 0 Å². The van der Waals surface area contributed by atoms with Crippen molar-refractivity contribution in [2.45, 2.75) is 258 Å². The number of rotatable bonds is 47. The van der Waals surface area contributed by atoms with Crippen molar-refractivity contribution in [1.82, 2.24) is 0 Å². The maximum Gasteiger partial charge on any atom is 0.306 e. The first kappa shape index (κ1) is 59.9. The lowest BCUT2D eigenvalue weighted by Gasteiger charge is -2.18. The SMILES string of the molecule is CC/C=C\C/C=C\C/C=C\CCCCCCCCC(=O)OCC(COC(=O)CCCCCCCCC/C=C\C/C=C\CC)OC(=O)CCCCCCCCC/C=C\CCCCCC. The van der Waals surface area contributed by atoms with E-state index in [2.05, 4.69) is 93.7 Å². The number of ether oxygens (including phenoxy) is 3. The number of allylic oxidation sites excluding steroid dienone is 12. The molecule has 0 saturated carbocycles. The van der Waals surface area contributed by atoms with Crippen LogP contribution >= 0.6 is 0 Å². The quantitative estimate of drug-likeness (QED) is 0.0262. The van der Waals surface area contributed by atoms with Crippen LogP contribution < -0.4 is 0 Å². The molecule has 0 amide bonds. The predicted molar refractivity (Wildman–Crippen MR) is 270 cm³/mol. The summed E-state index contributed by atoms with van der Waals surface area (Å²) in [5.41, 5.74) is 0. The minimum absolute atomic E-state index is 0.0855. The molecule has 0 spiro atoms. The number of hydrogen-bond acceptors (Lipinski definition) is 6. The van der Waals surface area contributed by atoms with Crippen molar-refractivity contribution in [1.29, 1.82) is 0 Å². The van der Waals surface area contributed by atoms with Crippen molar-refractivity contribution in [2.75, 3.05) is 13.2 Å². The molecule has 63 heavy (non-hydrogen) atoms. The third-order valence-electron chi connectivity index (χ3n) is 11.2. The van der Waals surface area contributed by atoms with E-state index in [1.54, 1.807) is 0 Å². The van der Waals surface area contributed by atoms with Gasteiger partial charge in [0, 0.05) is 19.3 Å². The normalized spacial score (nSPS) is 12.6. The maximum absolute atomic E-state index is 12.8. The van der Waals surface area contributed by atoms with Gasteiger partial charge in [-0.2, -0.15) is 0 Å². The predicted octanol–water partition coefficient (Wildman–Crippen LogP) is 17.4. The van der Waals surface area contributed by atoms with E-state index in [-0.39, 0.29) is 31.1 Å². The molecule has 0 rings (SSSR count). The second kappa shape index (κ2) is 51.5. The fourth-order valence-electron chi connectivity index (χ4n) is 7.25. The summed E-state index contributed by atoms with van der Waals surface area (Å²) in [5.74, 6) is -0.908. The smallest absolute Gasteiger partial charge is 0.306 e. The zero-order valence-electron chi connectivity index (χ0n) is 41.3. The van der Waals surface area contributed by atoms with Crippen LogP contribution in [-0.2, 0) is 28.6 Å². The van der Waals surface area contributed by atoms with Crippen molar-refractivity contribution in [2.24, 2.45) is 0 Å². The lowest BCUT2D eigenvalue weighted by atomic mass is 10.1. The van der Waals surface area contributed by atoms with E-state index in [1.807, 2.05) is 0 Å². The van der Waals surface area contributed by atoms with Crippen LogP contribution in [0, 0.1) is 0 Å². The molecule has 0 N–H and O–H groups in total. The Kier molecular flexibility index (Phi) is 48.9. The average molecular weight is 879 g/mol. The summed E-state index contributed by atoms with van der Waals surface area (Å²) in [5, 5.41) is 0. The van der Waals surface area contributed by atoms with E-state index in [9.17, 15) is 14.4 Å². The molecule has 6 heteroatoms.